The molecule has 0 aromatic heterocycles. The van der Waals surface area contributed by atoms with Crippen molar-refractivity contribution in [1.82, 2.24) is 0 Å². The first-order valence-electron chi connectivity index (χ1n) is 4.63. The lowest BCUT2D eigenvalue weighted by atomic mass is 10.1. The summed E-state index contributed by atoms with van der Waals surface area (Å²) in [5.74, 6) is 0.833. The Kier molecular flexibility index (Phi) is 3.92. The van der Waals surface area contributed by atoms with Crippen molar-refractivity contribution in [2.75, 3.05) is 7.11 Å². The molecule has 14 heavy (non-hydrogen) atoms. The van der Waals surface area contributed by atoms with Gasteiger partial charge in [0, 0.05) is 5.56 Å². The predicted molar refractivity (Wildman–Crippen MR) is 60.8 cm³/mol. The van der Waals surface area contributed by atoms with E-state index in [4.69, 9.17) is 4.74 Å². The predicted octanol–water partition coefficient (Wildman–Crippen LogP) is 3.15. The third-order valence-electron chi connectivity index (χ3n) is 1.95. The summed E-state index contributed by atoms with van der Waals surface area (Å²) in [7, 11) is 1.66. The van der Waals surface area contributed by atoms with E-state index in [1.165, 1.54) is 0 Å². The summed E-state index contributed by atoms with van der Waals surface area (Å²) in [6.07, 6.45) is 2.97. The molecule has 0 saturated carbocycles. The van der Waals surface area contributed by atoms with E-state index in [1.54, 1.807) is 7.11 Å². The Morgan fingerprint density at radius 1 is 1.50 bits per heavy atom. The number of rotatable bonds is 4. The van der Waals surface area contributed by atoms with E-state index in [1.807, 2.05) is 30.3 Å². The highest BCUT2D eigenvalue weighted by Crippen LogP contribution is 2.26. The minimum atomic E-state index is 0.833. The van der Waals surface area contributed by atoms with Crippen molar-refractivity contribution in [3.63, 3.8) is 0 Å². The highest BCUT2D eigenvalue weighted by atomic mass is 16.5. The van der Waals surface area contributed by atoms with E-state index in [0.717, 1.165) is 23.4 Å². The normalized spacial score (nSPS) is 11.1. The Hall–Kier alpha value is -1.57. The molecule has 0 bridgehead atoms. The standard InChI is InChI=1S/C12H15NO/c1-4-7-11(13-2)10-8-5-6-9-12(10)14-3/h5-9H,2,4H2,1,3H3/b11-7-. The van der Waals surface area contributed by atoms with E-state index >= 15 is 0 Å². The van der Waals surface area contributed by atoms with Gasteiger partial charge in [-0.1, -0.05) is 25.1 Å². The molecular formula is C12H15NO. The first kappa shape index (κ1) is 10.5. The highest BCUT2D eigenvalue weighted by molar-refractivity contribution is 5.72. The maximum atomic E-state index is 5.25. The molecule has 1 aromatic carbocycles. The zero-order valence-electron chi connectivity index (χ0n) is 8.66. The molecule has 0 amide bonds. The molecule has 0 aliphatic heterocycles. The number of nitrogens with zero attached hydrogens (tertiary/aromatic N) is 1. The number of para-hydroxylation sites is 1. The van der Waals surface area contributed by atoms with E-state index in [9.17, 15) is 0 Å². The Bertz CT molecular complexity index is 342. The van der Waals surface area contributed by atoms with Crippen molar-refractivity contribution >= 4 is 12.4 Å². The number of hydrogen-bond donors (Lipinski definition) is 0. The number of benzene rings is 1. The molecule has 0 unspecified atom stereocenters. The van der Waals surface area contributed by atoms with Crippen molar-refractivity contribution in [2.24, 2.45) is 4.99 Å². The fourth-order valence-corrected chi connectivity index (χ4v) is 1.31. The lowest BCUT2D eigenvalue weighted by molar-refractivity contribution is 0.413. The van der Waals surface area contributed by atoms with E-state index in [2.05, 4.69) is 18.6 Å². The van der Waals surface area contributed by atoms with Gasteiger partial charge in [-0.2, -0.15) is 0 Å². The van der Waals surface area contributed by atoms with Gasteiger partial charge in [0.05, 0.1) is 12.8 Å². The van der Waals surface area contributed by atoms with Gasteiger partial charge >= 0.3 is 0 Å². The Balaban J connectivity index is 3.15. The van der Waals surface area contributed by atoms with Gasteiger partial charge in [0.15, 0.2) is 0 Å². The second-order valence-corrected chi connectivity index (χ2v) is 2.86. The molecule has 2 heteroatoms. The molecule has 0 aliphatic carbocycles. The Morgan fingerprint density at radius 2 is 2.21 bits per heavy atom. The topological polar surface area (TPSA) is 21.6 Å². The first-order chi connectivity index (χ1) is 6.83. The van der Waals surface area contributed by atoms with Crippen LogP contribution in [0.25, 0.3) is 5.70 Å². The van der Waals surface area contributed by atoms with Crippen molar-refractivity contribution in [3.8, 4) is 5.75 Å². The average molecular weight is 189 g/mol. The second kappa shape index (κ2) is 5.22. The van der Waals surface area contributed by atoms with Crippen molar-refractivity contribution < 1.29 is 4.74 Å². The lowest BCUT2D eigenvalue weighted by Crippen LogP contribution is -1.89. The quantitative estimate of drug-likeness (QED) is 0.667. The number of hydrogen-bond acceptors (Lipinski definition) is 2. The molecule has 2 nitrogen and oxygen atoms in total. The van der Waals surface area contributed by atoms with Gasteiger partial charge in [-0.3, -0.25) is 4.99 Å². The molecular weight excluding hydrogens is 174 g/mol. The summed E-state index contributed by atoms with van der Waals surface area (Å²) in [4.78, 5) is 3.99. The van der Waals surface area contributed by atoms with E-state index in [0.29, 0.717) is 0 Å². The molecule has 0 atom stereocenters. The molecule has 0 spiro atoms. The lowest BCUT2D eigenvalue weighted by Gasteiger charge is -2.07. The molecule has 1 rings (SSSR count). The zero-order chi connectivity index (χ0) is 10.4. The fraction of sp³-hybridized carbons (Fsp3) is 0.250. The van der Waals surface area contributed by atoms with Crippen LogP contribution in [0.1, 0.15) is 18.9 Å². The van der Waals surface area contributed by atoms with Crippen LogP contribution in [0.4, 0.5) is 0 Å². The van der Waals surface area contributed by atoms with Crippen LogP contribution >= 0.6 is 0 Å². The Morgan fingerprint density at radius 3 is 2.79 bits per heavy atom. The molecule has 0 N–H and O–H groups in total. The molecule has 0 radical (unpaired) electrons. The average Bonchev–Trinajstić information content (AvgIpc) is 2.26. The van der Waals surface area contributed by atoms with Gasteiger partial charge in [-0.25, -0.2) is 0 Å². The van der Waals surface area contributed by atoms with Gasteiger partial charge in [-0.05, 0) is 25.3 Å². The summed E-state index contributed by atoms with van der Waals surface area (Å²) in [5, 5.41) is 0. The molecule has 1 aromatic rings. The highest BCUT2D eigenvalue weighted by Gasteiger charge is 2.04. The largest absolute Gasteiger partial charge is 0.496 e. The smallest absolute Gasteiger partial charge is 0.128 e. The van der Waals surface area contributed by atoms with Crippen molar-refractivity contribution in [1.29, 1.82) is 0 Å². The SMILES string of the molecule is C=N/C(=C\CC)c1ccccc1OC. The minimum absolute atomic E-state index is 0.833. The maximum Gasteiger partial charge on any atom is 0.128 e. The third-order valence-corrected chi connectivity index (χ3v) is 1.95. The first-order valence-corrected chi connectivity index (χ1v) is 4.63. The van der Waals surface area contributed by atoms with Gasteiger partial charge in [0.25, 0.3) is 0 Å². The van der Waals surface area contributed by atoms with Gasteiger partial charge < -0.3 is 4.74 Å². The molecule has 74 valence electrons. The van der Waals surface area contributed by atoms with Crippen LogP contribution in [0.5, 0.6) is 5.75 Å². The molecule has 0 heterocycles. The number of methoxy groups -OCH3 is 1. The van der Waals surface area contributed by atoms with Crippen LogP contribution < -0.4 is 4.74 Å². The van der Waals surface area contributed by atoms with Crippen LogP contribution in [0.2, 0.25) is 0 Å². The summed E-state index contributed by atoms with van der Waals surface area (Å²) in [5.41, 5.74) is 1.87. The van der Waals surface area contributed by atoms with Crippen LogP contribution in [0.15, 0.2) is 35.3 Å². The molecule has 0 fully saturated rings. The van der Waals surface area contributed by atoms with Crippen molar-refractivity contribution in [2.45, 2.75) is 13.3 Å². The molecule has 0 aliphatic rings. The summed E-state index contributed by atoms with van der Waals surface area (Å²) in [6, 6.07) is 7.81. The minimum Gasteiger partial charge on any atom is -0.496 e. The molecule has 0 saturated heterocycles. The second-order valence-electron chi connectivity index (χ2n) is 2.86. The third kappa shape index (κ3) is 2.22. The monoisotopic (exact) mass is 189 g/mol. The number of ether oxygens (including phenoxy) is 1. The number of aliphatic imine (C=N–C) groups is 1. The van der Waals surface area contributed by atoms with E-state index < -0.39 is 0 Å². The van der Waals surface area contributed by atoms with Gasteiger partial charge in [0.2, 0.25) is 0 Å². The summed E-state index contributed by atoms with van der Waals surface area (Å²) in [6.45, 7) is 5.63. The van der Waals surface area contributed by atoms with Crippen LogP contribution in [0, 0.1) is 0 Å². The van der Waals surface area contributed by atoms with E-state index in [-0.39, 0.29) is 0 Å². The summed E-state index contributed by atoms with van der Waals surface area (Å²) < 4.78 is 5.25. The van der Waals surface area contributed by atoms with Crippen LogP contribution in [0.3, 0.4) is 0 Å². The van der Waals surface area contributed by atoms with Gasteiger partial charge in [-0.15, -0.1) is 0 Å². The van der Waals surface area contributed by atoms with Gasteiger partial charge in [0.1, 0.15) is 5.75 Å². The van der Waals surface area contributed by atoms with Crippen LogP contribution in [-0.2, 0) is 0 Å². The number of allylic oxidation sites excluding steroid dienone is 1. The summed E-state index contributed by atoms with van der Waals surface area (Å²) >= 11 is 0. The Labute approximate surface area is 84.9 Å². The maximum absolute atomic E-state index is 5.25. The van der Waals surface area contributed by atoms with Crippen molar-refractivity contribution in [3.05, 3.63) is 35.9 Å². The fourth-order valence-electron chi connectivity index (χ4n) is 1.31. The zero-order valence-corrected chi connectivity index (χ0v) is 8.66. The van der Waals surface area contributed by atoms with Crippen LogP contribution in [-0.4, -0.2) is 13.8 Å².